The van der Waals surface area contributed by atoms with E-state index in [1.807, 2.05) is 0 Å². The van der Waals surface area contributed by atoms with Crippen LogP contribution in [0.25, 0.3) is 0 Å². The highest BCUT2D eigenvalue weighted by atomic mass is 35.5. The average Bonchev–Trinajstić information content (AvgIpc) is 2.60. The van der Waals surface area contributed by atoms with E-state index in [4.69, 9.17) is 23.2 Å². The maximum absolute atomic E-state index is 12.8. The Balaban J connectivity index is 2.11. The van der Waals surface area contributed by atoms with Crippen molar-refractivity contribution in [3.63, 3.8) is 0 Å². The van der Waals surface area contributed by atoms with Gasteiger partial charge in [0.1, 0.15) is 0 Å². The van der Waals surface area contributed by atoms with Gasteiger partial charge in [0.05, 0.1) is 11.4 Å². The van der Waals surface area contributed by atoms with Crippen LogP contribution in [-0.2, 0) is 19.6 Å². The fraction of sp³-hybridized carbons (Fsp3) is 0.222. The quantitative estimate of drug-likeness (QED) is 0.682. The zero-order valence-electron chi connectivity index (χ0n) is 15.2. The molecular weight excluding hydrogens is 425 g/mol. The number of nitrogens with zero attached hydrogens (tertiary/aromatic N) is 1. The average molecular weight is 444 g/mol. The van der Waals surface area contributed by atoms with Gasteiger partial charge in [0, 0.05) is 34.9 Å². The van der Waals surface area contributed by atoms with Crippen molar-refractivity contribution in [2.24, 2.45) is 0 Å². The molecule has 2 amide bonds. The van der Waals surface area contributed by atoms with Crippen LogP contribution in [0.15, 0.2) is 47.4 Å². The molecule has 0 heterocycles. The molecule has 0 fully saturated rings. The summed E-state index contributed by atoms with van der Waals surface area (Å²) in [5.41, 5.74) is 1.06. The van der Waals surface area contributed by atoms with E-state index < -0.39 is 15.9 Å². The summed E-state index contributed by atoms with van der Waals surface area (Å²) in [7, 11) is -3.95. The molecule has 0 radical (unpaired) electrons. The first-order chi connectivity index (χ1) is 13.1. The molecular formula is C18H19Cl2N3O4S. The monoisotopic (exact) mass is 443 g/mol. The summed E-state index contributed by atoms with van der Waals surface area (Å²) in [6, 6.07) is 10.4. The molecule has 2 rings (SSSR count). The zero-order chi connectivity index (χ0) is 20.9. The Kier molecular flexibility index (Phi) is 7.42. The van der Waals surface area contributed by atoms with Crippen LogP contribution >= 0.6 is 23.2 Å². The fourth-order valence-corrected chi connectivity index (χ4v) is 4.53. The minimum Gasteiger partial charge on any atom is -0.326 e. The lowest BCUT2D eigenvalue weighted by atomic mass is 10.2. The molecule has 0 aliphatic carbocycles. The summed E-state index contributed by atoms with van der Waals surface area (Å²) in [4.78, 5) is 23.3. The van der Waals surface area contributed by atoms with Crippen molar-refractivity contribution in [3.05, 3.63) is 52.5 Å². The Morgan fingerprint density at radius 3 is 1.93 bits per heavy atom. The van der Waals surface area contributed by atoms with Gasteiger partial charge in [-0.25, -0.2) is 8.42 Å². The number of anilines is 2. The molecule has 0 unspecified atom stereocenters. The van der Waals surface area contributed by atoms with E-state index in [-0.39, 0.29) is 33.9 Å². The number of sulfonamides is 1. The summed E-state index contributed by atoms with van der Waals surface area (Å²) in [6.07, 6.45) is 0. The largest absolute Gasteiger partial charge is 0.326 e. The number of amides is 2. The van der Waals surface area contributed by atoms with Gasteiger partial charge < -0.3 is 10.6 Å². The van der Waals surface area contributed by atoms with Gasteiger partial charge >= 0.3 is 0 Å². The number of rotatable bonds is 7. The zero-order valence-corrected chi connectivity index (χ0v) is 17.5. The van der Waals surface area contributed by atoms with Crippen LogP contribution in [0.4, 0.5) is 11.4 Å². The molecule has 7 nitrogen and oxygen atoms in total. The van der Waals surface area contributed by atoms with E-state index in [2.05, 4.69) is 10.6 Å². The molecule has 0 saturated carbocycles. The van der Waals surface area contributed by atoms with Gasteiger partial charge in [-0.05, 0) is 42.5 Å². The van der Waals surface area contributed by atoms with Gasteiger partial charge in [0.15, 0.2) is 0 Å². The number of carbonyl (C=O) groups is 2. The molecule has 0 saturated heterocycles. The lowest BCUT2D eigenvalue weighted by Gasteiger charge is -2.20. The van der Waals surface area contributed by atoms with E-state index in [0.717, 1.165) is 4.31 Å². The molecule has 28 heavy (non-hydrogen) atoms. The number of hydrogen-bond acceptors (Lipinski definition) is 4. The lowest BCUT2D eigenvalue weighted by molar-refractivity contribution is -0.116. The Morgan fingerprint density at radius 2 is 1.46 bits per heavy atom. The van der Waals surface area contributed by atoms with E-state index in [9.17, 15) is 18.0 Å². The maximum Gasteiger partial charge on any atom is 0.243 e. The van der Waals surface area contributed by atoms with Crippen molar-refractivity contribution < 1.29 is 18.0 Å². The summed E-state index contributed by atoms with van der Waals surface area (Å²) in [5, 5.41) is 5.61. The first-order valence-corrected chi connectivity index (χ1v) is 10.4. The third kappa shape index (κ3) is 5.93. The molecule has 150 valence electrons. The lowest BCUT2D eigenvalue weighted by Crippen LogP contribution is -2.37. The van der Waals surface area contributed by atoms with E-state index in [0.29, 0.717) is 11.4 Å². The Hall–Kier alpha value is -2.13. The minimum absolute atomic E-state index is 0.0840. The van der Waals surface area contributed by atoms with Gasteiger partial charge in [0.2, 0.25) is 21.8 Å². The van der Waals surface area contributed by atoms with Crippen molar-refractivity contribution in [2.75, 3.05) is 23.7 Å². The number of likely N-dealkylation sites (N-methyl/N-ethyl adjacent to an activating group) is 1. The van der Waals surface area contributed by atoms with Gasteiger partial charge in [-0.15, -0.1) is 0 Å². The highest BCUT2D eigenvalue weighted by molar-refractivity contribution is 7.89. The fourth-order valence-electron chi connectivity index (χ4n) is 2.39. The minimum atomic E-state index is -3.95. The molecule has 2 N–H and O–H groups in total. The first kappa shape index (κ1) is 22.2. The van der Waals surface area contributed by atoms with Gasteiger partial charge in [0.25, 0.3) is 0 Å². The summed E-state index contributed by atoms with van der Waals surface area (Å²) in [6.45, 7) is 2.72. The third-order valence-corrected chi connectivity index (χ3v) is 5.97. The van der Waals surface area contributed by atoms with Crippen LogP contribution in [0, 0.1) is 0 Å². The van der Waals surface area contributed by atoms with Crippen molar-refractivity contribution in [2.45, 2.75) is 18.7 Å². The van der Waals surface area contributed by atoms with Crippen LogP contribution in [0.1, 0.15) is 13.8 Å². The molecule has 0 bridgehead atoms. The first-order valence-electron chi connectivity index (χ1n) is 8.25. The van der Waals surface area contributed by atoms with Crippen LogP contribution < -0.4 is 10.6 Å². The second-order valence-electron chi connectivity index (χ2n) is 5.84. The van der Waals surface area contributed by atoms with E-state index in [1.165, 1.54) is 25.1 Å². The maximum atomic E-state index is 12.8. The number of nitrogens with one attached hydrogen (secondary N) is 2. The third-order valence-electron chi connectivity index (χ3n) is 3.64. The second kappa shape index (κ2) is 9.38. The normalized spacial score (nSPS) is 11.3. The van der Waals surface area contributed by atoms with E-state index >= 15 is 0 Å². The Bertz CT molecular complexity index is 959. The summed E-state index contributed by atoms with van der Waals surface area (Å²) >= 11 is 11.8. The molecule has 0 aliphatic rings. The molecule has 0 aromatic heterocycles. The molecule has 0 aliphatic heterocycles. The van der Waals surface area contributed by atoms with Crippen LogP contribution in [0.3, 0.4) is 0 Å². The predicted molar refractivity (Wildman–Crippen MR) is 110 cm³/mol. The number of halogens is 2. The topological polar surface area (TPSA) is 95.6 Å². The molecule has 2 aromatic rings. The van der Waals surface area contributed by atoms with Crippen LogP contribution in [-0.4, -0.2) is 37.6 Å². The van der Waals surface area contributed by atoms with Crippen molar-refractivity contribution >= 4 is 56.4 Å². The Morgan fingerprint density at radius 1 is 0.964 bits per heavy atom. The molecule has 0 atom stereocenters. The van der Waals surface area contributed by atoms with Crippen molar-refractivity contribution in [3.8, 4) is 0 Å². The Labute approximate surface area is 173 Å². The highest BCUT2D eigenvalue weighted by Crippen LogP contribution is 2.25. The number of hydrogen-bond donors (Lipinski definition) is 2. The van der Waals surface area contributed by atoms with Crippen molar-refractivity contribution in [1.82, 2.24) is 4.31 Å². The van der Waals surface area contributed by atoms with Crippen LogP contribution in [0.2, 0.25) is 10.0 Å². The van der Waals surface area contributed by atoms with Crippen molar-refractivity contribution in [1.29, 1.82) is 0 Å². The van der Waals surface area contributed by atoms with Gasteiger partial charge in [-0.1, -0.05) is 30.1 Å². The molecule has 0 spiro atoms. The smallest absolute Gasteiger partial charge is 0.243 e. The summed E-state index contributed by atoms with van der Waals surface area (Å²) in [5.74, 6) is -0.715. The highest BCUT2D eigenvalue weighted by Gasteiger charge is 2.26. The molecule has 10 heteroatoms. The second-order valence-corrected chi connectivity index (χ2v) is 8.65. The van der Waals surface area contributed by atoms with Gasteiger partial charge in [-0.3, -0.25) is 9.59 Å². The SMILES string of the molecule is CCN(CC(=O)Nc1ccc(NC(C)=O)cc1)S(=O)(=O)c1cc(Cl)cc(Cl)c1. The van der Waals surface area contributed by atoms with Gasteiger partial charge in [-0.2, -0.15) is 4.31 Å². The summed E-state index contributed by atoms with van der Waals surface area (Å²) < 4.78 is 26.6. The van der Waals surface area contributed by atoms with E-state index in [1.54, 1.807) is 31.2 Å². The molecule has 2 aromatic carbocycles. The standard InChI is InChI=1S/C18H19Cl2N3O4S/c1-3-23(28(26,27)17-9-13(19)8-14(20)10-17)11-18(25)22-16-6-4-15(5-7-16)21-12(2)24/h4-10H,3,11H2,1-2H3,(H,21,24)(H,22,25). The number of carbonyl (C=O) groups excluding carboxylic acids is 2. The van der Waals surface area contributed by atoms with Crippen LogP contribution in [0.5, 0.6) is 0 Å². The predicted octanol–water partition coefficient (Wildman–Crippen LogP) is 3.60. The number of benzene rings is 2.